The molecule has 6 nitrogen and oxygen atoms in total. The van der Waals surface area contributed by atoms with Gasteiger partial charge in [-0.2, -0.15) is 0 Å². The van der Waals surface area contributed by atoms with Gasteiger partial charge in [-0.25, -0.2) is 4.98 Å². The van der Waals surface area contributed by atoms with Gasteiger partial charge in [0.05, 0.1) is 23.8 Å². The molecule has 3 rings (SSSR count). The van der Waals surface area contributed by atoms with Crippen LogP contribution in [0.1, 0.15) is 37.0 Å². The number of rotatable bonds is 6. The molecule has 0 radical (unpaired) electrons. The lowest BCUT2D eigenvalue weighted by molar-refractivity contribution is 0.0302. The number of nitrogens with one attached hydrogen (secondary N) is 1. The third kappa shape index (κ3) is 5.80. The van der Waals surface area contributed by atoms with E-state index in [0.29, 0.717) is 42.7 Å². The number of likely N-dealkylation sites (tertiary alicyclic amines) is 1. The fourth-order valence-corrected chi connectivity index (χ4v) is 4.35. The fraction of sp³-hybridized carbons (Fsp3) is 0.700. The maximum absolute atomic E-state index is 12.5. The molecule has 2 unspecified atom stereocenters. The van der Waals surface area contributed by atoms with E-state index in [1.807, 2.05) is 0 Å². The van der Waals surface area contributed by atoms with Gasteiger partial charge in [-0.1, -0.05) is 25.4 Å². The van der Waals surface area contributed by atoms with Crippen LogP contribution in [0.3, 0.4) is 0 Å². The van der Waals surface area contributed by atoms with Gasteiger partial charge in [0.25, 0.3) is 5.91 Å². The van der Waals surface area contributed by atoms with Crippen LogP contribution in [-0.4, -0.2) is 73.2 Å². The molecule has 0 aromatic carbocycles. The first-order valence-corrected chi connectivity index (χ1v) is 10.4. The highest BCUT2D eigenvalue weighted by Crippen LogP contribution is 2.22. The highest BCUT2D eigenvalue weighted by Gasteiger charge is 2.21. The molecule has 0 bridgehead atoms. The molecule has 7 heteroatoms. The van der Waals surface area contributed by atoms with Crippen molar-refractivity contribution < 1.29 is 9.53 Å². The summed E-state index contributed by atoms with van der Waals surface area (Å²) < 4.78 is 5.29. The molecule has 0 spiro atoms. The standard InChI is InChI=1S/C20H31ClN4O2/c1-15-10-16(2)14-24(13-15)5-3-4-22-19-18(21)11-17(12-23-19)20(26)25-6-8-27-9-7-25/h11-12,15-16H,3-10,13-14H2,1-2H3,(H,22,23). The Bertz CT molecular complexity index is 626. The Kier molecular flexibility index (Phi) is 7.33. The second-order valence-corrected chi connectivity index (χ2v) is 8.35. The van der Waals surface area contributed by atoms with E-state index in [1.165, 1.54) is 19.5 Å². The third-order valence-corrected chi connectivity index (χ3v) is 5.56. The van der Waals surface area contributed by atoms with E-state index in [0.717, 1.165) is 31.3 Å². The van der Waals surface area contributed by atoms with E-state index in [9.17, 15) is 4.79 Å². The van der Waals surface area contributed by atoms with Gasteiger partial charge in [-0.15, -0.1) is 0 Å². The van der Waals surface area contributed by atoms with E-state index < -0.39 is 0 Å². The van der Waals surface area contributed by atoms with Crippen LogP contribution in [0.4, 0.5) is 5.82 Å². The van der Waals surface area contributed by atoms with Crippen molar-refractivity contribution >= 4 is 23.3 Å². The minimum atomic E-state index is -0.0346. The number of piperidine rings is 1. The molecule has 0 aliphatic carbocycles. The van der Waals surface area contributed by atoms with Crippen LogP contribution in [0.5, 0.6) is 0 Å². The normalized spacial score (nSPS) is 24.0. The van der Waals surface area contributed by atoms with Crippen molar-refractivity contribution in [3.05, 3.63) is 22.8 Å². The lowest BCUT2D eigenvalue weighted by atomic mass is 9.92. The smallest absolute Gasteiger partial charge is 0.255 e. The maximum atomic E-state index is 12.5. The molecular weight excluding hydrogens is 364 g/mol. The lowest BCUT2D eigenvalue weighted by Gasteiger charge is -2.34. The van der Waals surface area contributed by atoms with Crippen molar-refractivity contribution in [3.63, 3.8) is 0 Å². The number of hydrogen-bond donors (Lipinski definition) is 1. The van der Waals surface area contributed by atoms with Crippen LogP contribution >= 0.6 is 11.6 Å². The molecular formula is C20H31ClN4O2. The summed E-state index contributed by atoms with van der Waals surface area (Å²) in [7, 11) is 0. The fourth-order valence-electron chi connectivity index (χ4n) is 4.12. The molecule has 2 aliphatic rings. The van der Waals surface area contributed by atoms with Crippen LogP contribution in [0.25, 0.3) is 0 Å². The van der Waals surface area contributed by atoms with E-state index in [1.54, 1.807) is 17.2 Å². The van der Waals surface area contributed by atoms with Gasteiger partial charge < -0.3 is 19.9 Å². The zero-order chi connectivity index (χ0) is 19.2. The van der Waals surface area contributed by atoms with Gasteiger partial charge in [0, 0.05) is 38.9 Å². The Morgan fingerprint density at radius 1 is 1.30 bits per heavy atom. The molecule has 2 aliphatic heterocycles. The number of halogens is 1. The van der Waals surface area contributed by atoms with Crippen LogP contribution in [0.2, 0.25) is 5.02 Å². The summed E-state index contributed by atoms with van der Waals surface area (Å²) in [6.45, 7) is 11.4. The summed E-state index contributed by atoms with van der Waals surface area (Å²) in [6, 6.07) is 1.71. The molecule has 0 saturated carbocycles. The van der Waals surface area contributed by atoms with Gasteiger partial charge in [0.1, 0.15) is 5.82 Å². The molecule has 2 fully saturated rings. The van der Waals surface area contributed by atoms with Gasteiger partial charge in [0.15, 0.2) is 0 Å². The van der Waals surface area contributed by atoms with E-state index >= 15 is 0 Å². The van der Waals surface area contributed by atoms with Crippen LogP contribution in [0, 0.1) is 11.8 Å². The quantitative estimate of drug-likeness (QED) is 0.751. The monoisotopic (exact) mass is 394 g/mol. The first kappa shape index (κ1) is 20.4. The van der Waals surface area contributed by atoms with Gasteiger partial charge >= 0.3 is 0 Å². The van der Waals surface area contributed by atoms with E-state index in [2.05, 4.69) is 29.0 Å². The van der Waals surface area contributed by atoms with Crippen molar-refractivity contribution in [1.29, 1.82) is 0 Å². The highest BCUT2D eigenvalue weighted by molar-refractivity contribution is 6.33. The second-order valence-electron chi connectivity index (χ2n) is 7.94. The zero-order valence-electron chi connectivity index (χ0n) is 16.4. The van der Waals surface area contributed by atoms with Crippen LogP contribution in [0.15, 0.2) is 12.3 Å². The number of hydrogen-bond acceptors (Lipinski definition) is 5. The lowest BCUT2D eigenvalue weighted by Crippen LogP contribution is -2.40. The number of ether oxygens (including phenoxy) is 1. The molecule has 1 N–H and O–H groups in total. The van der Waals surface area contributed by atoms with Gasteiger partial charge in [0.2, 0.25) is 0 Å². The minimum absolute atomic E-state index is 0.0346. The number of aromatic nitrogens is 1. The first-order chi connectivity index (χ1) is 13.0. The van der Waals surface area contributed by atoms with Crippen LogP contribution in [-0.2, 0) is 4.74 Å². The van der Waals surface area contributed by atoms with Crippen molar-refractivity contribution in [3.8, 4) is 0 Å². The van der Waals surface area contributed by atoms with Crippen LogP contribution < -0.4 is 5.32 Å². The largest absolute Gasteiger partial charge is 0.378 e. The molecule has 1 amide bonds. The summed E-state index contributed by atoms with van der Waals surface area (Å²) in [4.78, 5) is 21.2. The molecule has 1 aromatic heterocycles. The highest BCUT2D eigenvalue weighted by atomic mass is 35.5. The van der Waals surface area contributed by atoms with E-state index in [4.69, 9.17) is 16.3 Å². The minimum Gasteiger partial charge on any atom is -0.378 e. The van der Waals surface area contributed by atoms with Crippen molar-refractivity contribution in [2.45, 2.75) is 26.7 Å². The molecule has 3 heterocycles. The van der Waals surface area contributed by atoms with Crippen molar-refractivity contribution in [2.24, 2.45) is 11.8 Å². The number of carbonyl (C=O) groups excluding carboxylic acids is 1. The van der Waals surface area contributed by atoms with E-state index in [-0.39, 0.29) is 5.91 Å². The predicted octanol–water partition coefficient (Wildman–Crippen LogP) is 2.99. The molecule has 2 atom stereocenters. The topological polar surface area (TPSA) is 57.7 Å². The zero-order valence-corrected chi connectivity index (χ0v) is 17.2. The number of anilines is 1. The number of nitrogens with zero attached hydrogens (tertiary/aromatic N) is 3. The molecule has 150 valence electrons. The van der Waals surface area contributed by atoms with Crippen molar-refractivity contribution in [2.75, 3.05) is 57.8 Å². The number of carbonyl (C=O) groups is 1. The average molecular weight is 395 g/mol. The Labute approximate surface area is 167 Å². The summed E-state index contributed by atoms with van der Waals surface area (Å²) in [6.07, 6.45) is 4.00. The summed E-state index contributed by atoms with van der Waals surface area (Å²) in [5.74, 6) is 2.19. The Balaban J connectivity index is 1.46. The summed E-state index contributed by atoms with van der Waals surface area (Å²) >= 11 is 6.35. The predicted molar refractivity (Wildman–Crippen MR) is 108 cm³/mol. The second kappa shape index (κ2) is 9.71. The summed E-state index contributed by atoms with van der Waals surface area (Å²) in [5.41, 5.74) is 0.531. The Morgan fingerprint density at radius 2 is 2.00 bits per heavy atom. The maximum Gasteiger partial charge on any atom is 0.255 e. The number of morpholine rings is 1. The molecule has 2 saturated heterocycles. The van der Waals surface area contributed by atoms with Crippen molar-refractivity contribution in [1.82, 2.24) is 14.8 Å². The third-order valence-electron chi connectivity index (χ3n) is 5.27. The Hall–Kier alpha value is -1.37. The molecule has 27 heavy (non-hydrogen) atoms. The van der Waals surface area contributed by atoms with Gasteiger partial charge in [-0.3, -0.25) is 4.79 Å². The molecule has 1 aromatic rings. The summed E-state index contributed by atoms with van der Waals surface area (Å²) in [5, 5.41) is 3.80. The van der Waals surface area contributed by atoms with Gasteiger partial charge in [-0.05, 0) is 37.3 Å². The number of amides is 1. The SMILES string of the molecule is CC1CC(C)CN(CCCNc2ncc(C(=O)N3CCOCC3)cc2Cl)C1. The first-order valence-electron chi connectivity index (χ1n) is 10.0. The average Bonchev–Trinajstić information content (AvgIpc) is 2.65. The number of pyridine rings is 1. The Morgan fingerprint density at radius 3 is 2.67 bits per heavy atom.